The largest absolute Gasteiger partial charge is 0.373 e. The molecule has 3 N–H and O–H groups in total. The Balaban J connectivity index is 0.00000169. The molecule has 0 aromatic rings. The molecular weight excluding hydrogens is 334 g/mol. The minimum absolute atomic E-state index is 0. The third-order valence-electron chi connectivity index (χ3n) is 5.99. The molecule has 2 bridgehead atoms. The first kappa shape index (κ1) is 17.6. The van der Waals surface area contributed by atoms with Crippen molar-refractivity contribution in [2.24, 2.45) is 23.5 Å². The Hall–Kier alpha value is -1.18. The van der Waals surface area contributed by atoms with Crippen molar-refractivity contribution in [1.82, 2.24) is 10.2 Å². The van der Waals surface area contributed by atoms with E-state index in [-0.39, 0.29) is 66.8 Å². The van der Waals surface area contributed by atoms with Gasteiger partial charge in [-0.05, 0) is 38.1 Å². The van der Waals surface area contributed by atoms with E-state index in [4.69, 9.17) is 10.5 Å². The maximum atomic E-state index is 12.5. The van der Waals surface area contributed by atoms with Crippen LogP contribution in [0.5, 0.6) is 0 Å². The van der Waals surface area contributed by atoms with Gasteiger partial charge in [-0.1, -0.05) is 6.42 Å². The number of amides is 3. The lowest BCUT2D eigenvalue weighted by Crippen LogP contribution is -2.47. The van der Waals surface area contributed by atoms with Gasteiger partial charge in [-0.15, -0.1) is 12.4 Å². The molecule has 4 fully saturated rings. The number of rotatable bonds is 4. The van der Waals surface area contributed by atoms with Crippen LogP contribution in [-0.4, -0.2) is 54.0 Å². The van der Waals surface area contributed by atoms with Crippen molar-refractivity contribution in [3.05, 3.63) is 0 Å². The summed E-state index contributed by atoms with van der Waals surface area (Å²) in [7, 11) is 0. The molecule has 3 amide bonds. The molecule has 7 nitrogen and oxygen atoms in total. The topological polar surface area (TPSA) is 102 Å². The van der Waals surface area contributed by atoms with Crippen molar-refractivity contribution >= 4 is 30.1 Å². The molecular formula is C16H24ClN3O4. The van der Waals surface area contributed by atoms with Crippen LogP contribution in [0.1, 0.15) is 32.1 Å². The first-order chi connectivity index (χ1) is 11.1. The lowest BCUT2D eigenvalue weighted by atomic mass is 9.81. The SMILES string of the molecule is Cl.NCC1CCCC1NC(=O)CN1C(=O)C2C3CCC(O3)C2C1=O. The summed E-state index contributed by atoms with van der Waals surface area (Å²) in [6.45, 7) is 0.384. The zero-order valence-corrected chi connectivity index (χ0v) is 14.3. The monoisotopic (exact) mass is 357 g/mol. The zero-order chi connectivity index (χ0) is 16.1. The van der Waals surface area contributed by atoms with Crippen LogP contribution in [0.15, 0.2) is 0 Å². The van der Waals surface area contributed by atoms with Crippen molar-refractivity contribution in [2.45, 2.75) is 50.4 Å². The second-order valence-corrected chi connectivity index (χ2v) is 7.21. The predicted molar refractivity (Wildman–Crippen MR) is 87.2 cm³/mol. The molecule has 0 radical (unpaired) electrons. The smallest absolute Gasteiger partial charge is 0.240 e. The molecule has 0 aromatic carbocycles. The van der Waals surface area contributed by atoms with Gasteiger partial charge < -0.3 is 15.8 Å². The number of nitrogens with two attached hydrogens (primary N) is 1. The van der Waals surface area contributed by atoms with Crippen LogP contribution < -0.4 is 11.1 Å². The van der Waals surface area contributed by atoms with E-state index in [1.807, 2.05) is 0 Å². The van der Waals surface area contributed by atoms with Gasteiger partial charge in [-0.3, -0.25) is 19.3 Å². The van der Waals surface area contributed by atoms with E-state index in [9.17, 15) is 14.4 Å². The van der Waals surface area contributed by atoms with Crippen molar-refractivity contribution < 1.29 is 19.1 Å². The van der Waals surface area contributed by atoms with Gasteiger partial charge in [-0.25, -0.2) is 0 Å². The van der Waals surface area contributed by atoms with Crippen LogP contribution in [0.3, 0.4) is 0 Å². The Morgan fingerprint density at radius 3 is 2.33 bits per heavy atom. The minimum Gasteiger partial charge on any atom is -0.373 e. The first-order valence-electron chi connectivity index (χ1n) is 8.60. The van der Waals surface area contributed by atoms with E-state index in [1.54, 1.807) is 0 Å². The molecule has 0 spiro atoms. The van der Waals surface area contributed by atoms with Crippen molar-refractivity contribution in [1.29, 1.82) is 0 Å². The standard InChI is InChI=1S/C16H23N3O4.ClH/c17-6-8-2-1-3-9(8)18-12(20)7-19-15(21)13-10-4-5-11(23-10)14(13)16(19)22;/h8-11,13-14H,1-7,17H2,(H,18,20);1H. The van der Waals surface area contributed by atoms with Gasteiger partial charge in [0.1, 0.15) is 6.54 Å². The third kappa shape index (κ3) is 2.62. The highest BCUT2D eigenvalue weighted by atomic mass is 35.5. The lowest BCUT2D eigenvalue weighted by Gasteiger charge is -2.22. The fraction of sp³-hybridized carbons (Fsp3) is 0.812. The Labute approximate surface area is 147 Å². The molecule has 3 heterocycles. The number of hydrogen-bond donors (Lipinski definition) is 2. The number of hydrogen-bond acceptors (Lipinski definition) is 5. The van der Waals surface area contributed by atoms with Crippen LogP contribution in [0.25, 0.3) is 0 Å². The second kappa shape index (κ2) is 6.61. The van der Waals surface area contributed by atoms with Gasteiger partial charge in [-0.2, -0.15) is 0 Å². The zero-order valence-electron chi connectivity index (χ0n) is 13.5. The quantitative estimate of drug-likeness (QED) is 0.679. The molecule has 1 saturated carbocycles. The minimum atomic E-state index is -0.364. The van der Waals surface area contributed by atoms with Gasteiger partial charge >= 0.3 is 0 Å². The molecule has 24 heavy (non-hydrogen) atoms. The summed E-state index contributed by atoms with van der Waals surface area (Å²) in [4.78, 5) is 38.4. The van der Waals surface area contributed by atoms with Crippen LogP contribution >= 0.6 is 12.4 Å². The second-order valence-electron chi connectivity index (χ2n) is 7.21. The highest BCUT2D eigenvalue weighted by Crippen LogP contribution is 2.48. The Kier molecular flexibility index (Phi) is 4.86. The van der Waals surface area contributed by atoms with Gasteiger partial charge in [0.25, 0.3) is 0 Å². The summed E-state index contributed by atoms with van der Waals surface area (Å²) >= 11 is 0. The van der Waals surface area contributed by atoms with Gasteiger partial charge in [0, 0.05) is 6.04 Å². The summed E-state index contributed by atoms with van der Waals surface area (Å²) in [5, 5.41) is 2.96. The maximum Gasteiger partial charge on any atom is 0.240 e. The van der Waals surface area contributed by atoms with Gasteiger partial charge in [0.2, 0.25) is 17.7 Å². The van der Waals surface area contributed by atoms with Gasteiger partial charge in [0.15, 0.2) is 0 Å². The average Bonchev–Trinajstić information content (AvgIpc) is 3.28. The highest BCUT2D eigenvalue weighted by Gasteiger charge is 2.62. The fourth-order valence-corrected chi connectivity index (χ4v) is 4.83. The molecule has 3 saturated heterocycles. The van der Waals surface area contributed by atoms with Crippen LogP contribution in [0.4, 0.5) is 0 Å². The highest BCUT2D eigenvalue weighted by molar-refractivity contribution is 6.08. The summed E-state index contributed by atoms with van der Waals surface area (Å²) < 4.78 is 5.69. The Morgan fingerprint density at radius 1 is 1.12 bits per heavy atom. The number of carbonyl (C=O) groups is 3. The van der Waals surface area contributed by atoms with Gasteiger partial charge in [0.05, 0.1) is 24.0 Å². The van der Waals surface area contributed by atoms with Crippen molar-refractivity contribution in [3.8, 4) is 0 Å². The summed E-state index contributed by atoms with van der Waals surface area (Å²) in [5.41, 5.74) is 5.72. The number of imide groups is 1. The van der Waals surface area contributed by atoms with Crippen LogP contribution in [-0.2, 0) is 19.1 Å². The van der Waals surface area contributed by atoms with E-state index < -0.39 is 0 Å². The Bertz CT molecular complexity index is 529. The van der Waals surface area contributed by atoms with Crippen LogP contribution in [0, 0.1) is 17.8 Å². The first-order valence-corrected chi connectivity index (χ1v) is 8.60. The third-order valence-corrected chi connectivity index (χ3v) is 5.99. The molecule has 3 aliphatic heterocycles. The molecule has 4 rings (SSSR count). The number of nitrogens with one attached hydrogen (secondary N) is 1. The van der Waals surface area contributed by atoms with E-state index in [2.05, 4.69) is 5.32 Å². The maximum absolute atomic E-state index is 12.5. The number of likely N-dealkylation sites (tertiary alicyclic amines) is 1. The predicted octanol–water partition coefficient (Wildman–Crippen LogP) is -0.186. The normalized spacial score (nSPS) is 40.0. The van der Waals surface area contributed by atoms with Crippen molar-refractivity contribution in [2.75, 3.05) is 13.1 Å². The van der Waals surface area contributed by atoms with E-state index in [0.717, 1.165) is 37.0 Å². The van der Waals surface area contributed by atoms with E-state index in [0.29, 0.717) is 12.5 Å². The number of halogens is 1. The molecule has 4 aliphatic rings. The van der Waals surface area contributed by atoms with E-state index >= 15 is 0 Å². The molecule has 6 unspecified atom stereocenters. The summed E-state index contributed by atoms with van der Waals surface area (Å²) in [5.74, 6) is -1.15. The molecule has 8 heteroatoms. The summed E-state index contributed by atoms with van der Waals surface area (Å²) in [6, 6.07) is 0.0688. The summed E-state index contributed by atoms with van der Waals surface area (Å²) in [6.07, 6.45) is 4.40. The van der Waals surface area contributed by atoms with E-state index in [1.165, 1.54) is 0 Å². The molecule has 134 valence electrons. The van der Waals surface area contributed by atoms with Crippen molar-refractivity contribution in [3.63, 3.8) is 0 Å². The number of ether oxygens (including phenoxy) is 1. The molecule has 0 aromatic heterocycles. The number of carbonyl (C=O) groups excluding carboxylic acids is 3. The fourth-order valence-electron chi connectivity index (χ4n) is 4.83. The average molecular weight is 358 g/mol. The lowest BCUT2D eigenvalue weighted by molar-refractivity contribution is -0.146. The molecule has 1 aliphatic carbocycles. The number of nitrogens with zero attached hydrogens (tertiary/aromatic N) is 1. The number of fused-ring (bicyclic) bond motifs is 5. The van der Waals surface area contributed by atoms with Crippen LogP contribution in [0.2, 0.25) is 0 Å². The molecule has 6 atom stereocenters. The Morgan fingerprint density at radius 2 is 1.75 bits per heavy atom.